The van der Waals surface area contributed by atoms with Crippen molar-refractivity contribution >= 4 is 17.5 Å². The van der Waals surface area contributed by atoms with Crippen LogP contribution < -0.4 is 15.4 Å². The molecule has 2 N–H and O–H groups in total. The van der Waals surface area contributed by atoms with E-state index in [1.54, 1.807) is 19.1 Å². The Hall–Kier alpha value is -2.25. The van der Waals surface area contributed by atoms with Gasteiger partial charge in [0.05, 0.1) is 0 Å². The van der Waals surface area contributed by atoms with Gasteiger partial charge in [-0.3, -0.25) is 4.79 Å². The van der Waals surface area contributed by atoms with Crippen molar-refractivity contribution in [3.05, 3.63) is 65.2 Å². The number of halogens is 4. The Labute approximate surface area is 207 Å². The molecule has 2 aromatic carbocycles. The fraction of sp³-hybridized carbons (Fsp3) is 0.500. The van der Waals surface area contributed by atoms with E-state index >= 15 is 0 Å². The molecule has 1 amide bonds. The maximum Gasteiger partial charge on any atom is 0.573 e. The monoisotopic (exact) mass is 502 g/mol. The summed E-state index contributed by atoms with van der Waals surface area (Å²) in [5, 5.41) is 6.22. The SMILES string of the molecule is CC.CCC(C)c1ccccc1C(CNC(=O)CCCl)NC.Cc1ccc(OC(F)(F)F)cc1. The molecule has 2 rings (SSSR count). The van der Waals surface area contributed by atoms with Crippen molar-refractivity contribution in [2.24, 2.45) is 0 Å². The second-order valence-electron chi connectivity index (χ2n) is 7.38. The summed E-state index contributed by atoms with van der Waals surface area (Å²) in [6.45, 7) is 10.8. The molecule has 2 unspecified atom stereocenters. The summed E-state index contributed by atoms with van der Waals surface area (Å²) in [4.78, 5) is 11.5. The quantitative estimate of drug-likeness (QED) is 0.359. The van der Waals surface area contributed by atoms with E-state index in [1.165, 1.54) is 23.3 Å². The number of hydrogen-bond donors (Lipinski definition) is 2. The summed E-state index contributed by atoms with van der Waals surface area (Å²) < 4.78 is 38.5. The van der Waals surface area contributed by atoms with Crippen LogP contribution in [0.2, 0.25) is 0 Å². The van der Waals surface area contributed by atoms with Crippen LogP contribution in [0, 0.1) is 6.92 Å². The van der Waals surface area contributed by atoms with Crippen molar-refractivity contribution < 1.29 is 22.7 Å². The van der Waals surface area contributed by atoms with Gasteiger partial charge in [-0.15, -0.1) is 24.8 Å². The van der Waals surface area contributed by atoms with Crippen molar-refractivity contribution in [2.45, 2.75) is 65.8 Å². The number of amides is 1. The Morgan fingerprint density at radius 1 is 1.06 bits per heavy atom. The predicted molar refractivity (Wildman–Crippen MR) is 135 cm³/mol. The molecule has 34 heavy (non-hydrogen) atoms. The lowest BCUT2D eigenvalue weighted by molar-refractivity contribution is -0.274. The molecule has 2 atom stereocenters. The van der Waals surface area contributed by atoms with Gasteiger partial charge in [-0.05, 0) is 49.6 Å². The van der Waals surface area contributed by atoms with Crippen LogP contribution in [0.4, 0.5) is 13.2 Å². The van der Waals surface area contributed by atoms with Crippen LogP contribution in [0.1, 0.15) is 69.2 Å². The highest BCUT2D eigenvalue weighted by molar-refractivity contribution is 6.18. The van der Waals surface area contributed by atoms with E-state index in [-0.39, 0.29) is 17.7 Å². The zero-order valence-corrected chi connectivity index (χ0v) is 21.7. The van der Waals surface area contributed by atoms with E-state index in [2.05, 4.69) is 47.4 Å². The molecule has 0 aromatic heterocycles. The number of likely N-dealkylation sites (N-methyl/N-ethyl adjacent to an activating group) is 1. The third-order valence-corrected chi connectivity index (χ3v) is 5.13. The zero-order valence-electron chi connectivity index (χ0n) is 20.9. The molecule has 0 aliphatic heterocycles. The van der Waals surface area contributed by atoms with Crippen molar-refractivity contribution in [1.82, 2.24) is 10.6 Å². The van der Waals surface area contributed by atoms with Crippen molar-refractivity contribution in [3.63, 3.8) is 0 Å². The molecule has 0 saturated carbocycles. The molecule has 0 spiro atoms. The van der Waals surface area contributed by atoms with Gasteiger partial charge in [0.1, 0.15) is 5.75 Å². The second kappa shape index (κ2) is 17.2. The molecule has 0 heterocycles. The minimum absolute atomic E-state index is 0.00118. The van der Waals surface area contributed by atoms with Gasteiger partial charge in [0.15, 0.2) is 0 Å². The molecule has 2 aromatic rings. The highest BCUT2D eigenvalue weighted by atomic mass is 35.5. The average molecular weight is 503 g/mol. The number of aryl methyl sites for hydroxylation is 1. The van der Waals surface area contributed by atoms with Gasteiger partial charge in [-0.25, -0.2) is 0 Å². The summed E-state index contributed by atoms with van der Waals surface area (Å²) in [5.41, 5.74) is 3.50. The number of alkyl halides is 4. The van der Waals surface area contributed by atoms with Gasteiger partial charge in [0.25, 0.3) is 0 Å². The van der Waals surface area contributed by atoms with E-state index in [9.17, 15) is 18.0 Å². The Balaban J connectivity index is 0.000000662. The zero-order chi connectivity index (χ0) is 26.1. The van der Waals surface area contributed by atoms with Crippen molar-refractivity contribution in [2.75, 3.05) is 19.5 Å². The molecule has 0 saturated heterocycles. The van der Waals surface area contributed by atoms with Gasteiger partial charge >= 0.3 is 6.36 Å². The predicted octanol–water partition coefficient (Wildman–Crippen LogP) is 7.13. The standard InChI is InChI=1S/C16H25ClN2O.C8H7F3O.C2H6/c1-4-12(2)13-7-5-6-8-14(13)15(18-3)11-19-16(20)9-10-17;1-6-2-4-7(5-3-6)12-8(9,10)11;1-2/h5-8,12,15,18H,4,9-11H2,1-3H3,(H,19,20);2-5H,1H3;1-2H3. The van der Waals surface area contributed by atoms with Crippen LogP contribution in [-0.4, -0.2) is 31.7 Å². The number of hydrogen-bond acceptors (Lipinski definition) is 3. The third-order valence-electron chi connectivity index (χ3n) is 4.94. The molecule has 192 valence electrons. The number of carbonyl (C=O) groups is 1. The first-order chi connectivity index (χ1) is 16.1. The fourth-order valence-corrected chi connectivity index (χ4v) is 3.17. The van der Waals surface area contributed by atoms with Gasteiger partial charge in [-0.1, -0.05) is 69.7 Å². The molecule has 4 nitrogen and oxygen atoms in total. The number of carbonyl (C=O) groups excluding carboxylic acids is 1. The van der Waals surface area contributed by atoms with Gasteiger partial charge in [0, 0.05) is 24.9 Å². The largest absolute Gasteiger partial charge is 0.573 e. The minimum atomic E-state index is -4.60. The Kier molecular flexibility index (Phi) is 16.1. The van der Waals surface area contributed by atoms with Crippen molar-refractivity contribution in [3.8, 4) is 5.75 Å². The molecule has 0 bridgehead atoms. The third kappa shape index (κ3) is 12.8. The smallest absolute Gasteiger partial charge is 0.406 e. The van der Waals surface area contributed by atoms with Crippen LogP contribution in [0.15, 0.2) is 48.5 Å². The van der Waals surface area contributed by atoms with E-state index in [1.807, 2.05) is 27.0 Å². The van der Waals surface area contributed by atoms with E-state index in [0.29, 0.717) is 24.8 Å². The Morgan fingerprint density at radius 2 is 1.62 bits per heavy atom. The van der Waals surface area contributed by atoms with Crippen LogP contribution >= 0.6 is 11.6 Å². The number of nitrogens with one attached hydrogen (secondary N) is 2. The molecule has 0 fully saturated rings. The second-order valence-corrected chi connectivity index (χ2v) is 7.76. The first kappa shape index (κ1) is 31.8. The van der Waals surface area contributed by atoms with E-state index in [4.69, 9.17) is 11.6 Å². The first-order valence-electron chi connectivity index (χ1n) is 11.5. The average Bonchev–Trinajstić information content (AvgIpc) is 2.82. The summed E-state index contributed by atoms with van der Waals surface area (Å²) in [6.07, 6.45) is -3.13. The molecule has 8 heteroatoms. The molecule has 0 aliphatic rings. The van der Waals surface area contributed by atoms with Gasteiger partial charge < -0.3 is 15.4 Å². The van der Waals surface area contributed by atoms with Crippen LogP contribution in [0.25, 0.3) is 0 Å². The van der Waals surface area contributed by atoms with E-state index < -0.39 is 6.36 Å². The topological polar surface area (TPSA) is 50.4 Å². The molecule has 0 aliphatic carbocycles. The molecular weight excluding hydrogens is 465 g/mol. The summed E-state index contributed by atoms with van der Waals surface area (Å²) in [5.74, 6) is 0.689. The Bertz CT molecular complexity index is 814. The summed E-state index contributed by atoms with van der Waals surface area (Å²) in [6, 6.07) is 14.2. The highest BCUT2D eigenvalue weighted by Crippen LogP contribution is 2.27. The van der Waals surface area contributed by atoms with Crippen LogP contribution in [0.3, 0.4) is 0 Å². The Morgan fingerprint density at radius 3 is 2.09 bits per heavy atom. The maximum atomic E-state index is 11.6. The normalized spacial score (nSPS) is 12.3. The number of benzene rings is 2. The highest BCUT2D eigenvalue weighted by Gasteiger charge is 2.30. The lowest BCUT2D eigenvalue weighted by Crippen LogP contribution is -2.34. The van der Waals surface area contributed by atoms with Crippen LogP contribution in [0.5, 0.6) is 5.75 Å². The van der Waals surface area contributed by atoms with Crippen LogP contribution in [-0.2, 0) is 4.79 Å². The first-order valence-corrected chi connectivity index (χ1v) is 12.1. The molecular formula is C26H38ClF3N2O2. The van der Waals surface area contributed by atoms with Gasteiger partial charge in [0.2, 0.25) is 5.91 Å². The fourth-order valence-electron chi connectivity index (χ4n) is 2.99. The lowest BCUT2D eigenvalue weighted by atomic mass is 9.90. The number of ether oxygens (including phenoxy) is 1. The van der Waals surface area contributed by atoms with E-state index in [0.717, 1.165) is 12.0 Å². The maximum absolute atomic E-state index is 11.6. The number of rotatable bonds is 9. The van der Waals surface area contributed by atoms with Crippen molar-refractivity contribution in [1.29, 1.82) is 0 Å². The van der Waals surface area contributed by atoms with Gasteiger partial charge in [-0.2, -0.15) is 0 Å². The molecule has 0 radical (unpaired) electrons. The summed E-state index contributed by atoms with van der Waals surface area (Å²) >= 11 is 5.57. The lowest BCUT2D eigenvalue weighted by Gasteiger charge is -2.23. The summed E-state index contributed by atoms with van der Waals surface area (Å²) in [7, 11) is 1.92. The minimum Gasteiger partial charge on any atom is -0.406 e.